The minimum atomic E-state index is -3.89. The first-order chi connectivity index (χ1) is 11.8. The van der Waals surface area contributed by atoms with E-state index in [9.17, 15) is 17.6 Å². The molecule has 1 atom stereocenters. The second kappa shape index (κ2) is 6.68. The van der Waals surface area contributed by atoms with Crippen LogP contribution in [0.3, 0.4) is 0 Å². The molecule has 0 radical (unpaired) electrons. The smallest absolute Gasteiger partial charge is 0.261 e. The van der Waals surface area contributed by atoms with Crippen molar-refractivity contribution in [3.8, 4) is 0 Å². The molecule has 2 aromatic rings. The van der Waals surface area contributed by atoms with Crippen molar-refractivity contribution < 1.29 is 17.6 Å². The number of fused-ring (bicyclic) bond motifs is 1. The molecule has 0 saturated heterocycles. The summed E-state index contributed by atoms with van der Waals surface area (Å²) < 4.78 is 41.0. The van der Waals surface area contributed by atoms with Crippen molar-refractivity contribution >= 4 is 39.1 Å². The maximum atomic E-state index is 13.6. The van der Waals surface area contributed by atoms with Gasteiger partial charge in [-0.3, -0.25) is 9.52 Å². The van der Waals surface area contributed by atoms with Crippen molar-refractivity contribution in [1.29, 1.82) is 0 Å². The lowest BCUT2D eigenvalue weighted by atomic mass is 10.2. The molecule has 1 heterocycles. The molecule has 3 rings (SSSR count). The first kappa shape index (κ1) is 17.8. The van der Waals surface area contributed by atoms with Gasteiger partial charge in [-0.05, 0) is 49.2 Å². The molecule has 0 fully saturated rings. The molecule has 25 heavy (non-hydrogen) atoms. The standard InChI is InChI=1S/C17H17FN2O3S2/c1-3-15-17(21)19-14-9-12(6-7-16(14)24-15)25(22,23)20-11-5-4-10(2)13(18)8-11/h4-9,15,20H,3H2,1-2H3,(H,19,21). The molecule has 0 aliphatic carbocycles. The number of halogens is 1. The van der Waals surface area contributed by atoms with E-state index in [1.807, 2.05) is 6.92 Å². The molecule has 0 spiro atoms. The Balaban J connectivity index is 1.89. The monoisotopic (exact) mass is 380 g/mol. The van der Waals surface area contributed by atoms with Gasteiger partial charge in [-0.2, -0.15) is 0 Å². The summed E-state index contributed by atoms with van der Waals surface area (Å²) in [4.78, 5) is 12.8. The summed E-state index contributed by atoms with van der Waals surface area (Å²) >= 11 is 1.42. The number of aryl methyl sites for hydroxylation is 1. The highest BCUT2D eigenvalue weighted by atomic mass is 32.2. The summed E-state index contributed by atoms with van der Waals surface area (Å²) in [6.07, 6.45) is 0.691. The first-order valence-electron chi connectivity index (χ1n) is 7.70. The van der Waals surface area contributed by atoms with E-state index >= 15 is 0 Å². The van der Waals surface area contributed by atoms with Crippen molar-refractivity contribution in [3.05, 3.63) is 47.8 Å². The molecular weight excluding hydrogens is 363 g/mol. The van der Waals surface area contributed by atoms with E-state index < -0.39 is 15.8 Å². The lowest BCUT2D eigenvalue weighted by Crippen LogP contribution is -2.28. The molecule has 1 aliphatic rings. The number of hydrogen-bond acceptors (Lipinski definition) is 4. The molecule has 132 valence electrons. The Bertz CT molecular complexity index is 945. The number of nitrogens with one attached hydrogen (secondary N) is 2. The highest BCUT2D eigenvalue weighted by Crippen LogP contribution is 2.38. The number of sulfonamides is 1. The van der Waals surface area contributed by atoms with Gasteiger partial charge in [-0.1, -0.05) is 13.0 Å². The third-order valence-corrected chi connectivity index (χ3v) is 6.70. The van der Waals surface area contributed by atoms with Crippen LogP contribution in [0.25, 0.3) is 0 Å². The average molecular weight is 380 g/mol. The Kier molecular flexibility index (Phi) is 4.75. The zero-order valence-corrected chi connectivity index (χ0v) is 15.3. The minimum absolute atomic E-state index is 0.00285. The molecule has 5 nitrogen and oxygen atoms in total. The van der Waals surface area contributed by atoms with Crippen LogP contribution < -0.4 is 10.0 Å². The number of thioether (sulfide) groups is 1. The van der Waals surface area contributed by atoms with E-state index in [1.165, 1.54) is 36.0 Å². The molecule has 1 aliphatic heterocycles. The number of carbonyl (C=O) groups is 1. The van der Waals surface area contributed by atoms with Crippen LogP contribution in [0.2, 0.25) is 0 Å². The normalized spacial score (nSPS) is 16.9. The van der Waals surface area contributed by atoms with E-state index in [-0.39, 0.29) is 21.7 Å². The van der Waals surface area contributed by atoms with E-state index in [2.05, 4.69) is 10.0 Å². The van der Waals surface area contributed by atoms with Crippen LogP contribution in [0, 0.1) is 12.7 Å². The van der Waals surface area contributed by atoms with Crippen LogP contribution in [-0.4, -0.2) is 19.6 Å². The molecule has 8 heteroatoms. The van der Waals surface area contributed by atoms with Crippen LogP contribution >= 0.6 is 11.8 Å². The van der Waals surface area contributed by atoms with Crippen LogP contribution in [0.15, 0.2) is 46.2 Å². The predicted molar refractivity (Wildman–Crippen MR) is 97.0 cm³/mol. The fraction of sp³-hybridized carbons (Fsp3) is 0.235. The Morgan fingerprint density at radius 2 is 2.00 bits per heavy atom. The molecule has 2 aromatic carbocycles. The van der Waals surface area contributed by atoms with Crippen molar-refractivity contribution in [2.45, 2.75) is 35.3 Å². The van der Waals surface area contributed by atoms with E-state index in [0.29, 0.717) is 17.7 Å². The van der Waals surface area contributed by atoms with Gasteiger partial charge >= 0.3 is 0 Å². The summed E-state index contributed by atoms with van der Waals surface area (Å²) in [6, 6.07) is 8.70. The molecule has 0 saturated carbocycles. The molecule has 0 aromatic heterocycles. The summed E-state index contributed by atoms with van der Waals surface area (Å²) in [5, 5.41) is 2.56. The summed E-state index contributed by atoms with van der Waals surface area (Å²) in [6.45, 7) is 3.52. The fourth-order valence-electron chi connectivity index (χ4n) is 2.44. The van der Waals surface area contributed by atoms with E-state index in [0.717, 1.165) is 11.0 Å². The Labute approximate surface area is 150 Å². The van der Waals surface area contributed by atoms with Crippen molar-refractivity contribution in [2.24, 2.45) is 0 Å². The Morgan fingerprint density at radius 1 is 1.24 bits per heavy atom. The highest BCUT2D eigenvalue weighted by Gasteiger charge is 2.27. The van der Waals surface area contributed by atoms with Crippen LogP contribution in [0.4, 0.5) is 15.8 Å². The zero-order chi connectivity index (χ0) is 18.2. The third kappa shape index (κ3) is 3.64. The topological polar surface area (TPSA) is 75.3 Å². The van der Waals surface area contributed by atoms with Gasteiger partial charge in [0.2, 0.25) is 5.91 Å². The van der Waals surface area contributed by atoms with Gasteiger partial charge in [-0.15, -0.1) is 11.8 Å². The van der Waals surface area contributed by atoms with E-state index in [1.54, 1.807) is 13.0 Å². The minimum Gasteiger partial charge on any atom is -0.324 e. The third-order valence-electron chi connectivity index (χ3n) is 3.88. The molecule has 1 unspecified atom stereocenters. The van der Waals surface area contributed by atoms with Gasteiger partial charge in [0, 0.05) is 4.90 Å². The van der Waals surface area contributed by atoms with Gasteiger partial charge in [0.1, 0.15) is 5.82 Å². The molecule has 0 bridgehead atoms. The quantitative estimate of drug-likeness (QED) is 0.847. The van der Waals surface area contributed by atoms with Crippen molar-refractivity contribution in [1.82, 2.24) is 0 Å². The van der Waals surface area contributed by atoms with Crippen LogP contribution in [0.1, 0.15) is 18.9 Å². The SMILES string of the molecule is CCC1Sc2ccc(S(=O)(=O)Nc3ccc(C)c(F)c3)cc2NC1=O. The maximum Gasteiger partial charge on any atom is 0.261 e. The van der Waals surface area contributed by atoms with Crippen molar-refractivity contribution in [2.75, 3.05) is 10.0 Å². The largest absolute Gasteiger partial charge is 0.324 e. The van der Waals surface area contributed by atoms with Gasteiger partial charge in [0.25, 0.3) is 10.0 Å². The summed E-state index contributed by atoms with van der Waals surface area (Å²) in [5.74, 6) is -0.622. The second-order valence-corrected chi connectivity index (χ2v) is 8.66. The number of hydrogen-bond donors (Lipinski definition) is 2. The number of rotatable bonds is 4. The molecule has 2 N–H and O–H groups in total. The second-order valence-electron chi connectivity index (χ2n) is 5.73. The molecular formula is C17H17FN2O3S2. The Hall–Kier alpha value is -2.06. The number of carbonyl (C=O) groups excluding carboxylic acids is 1. The van der Waals surface area contributed by atoms with Crippen molar-refractivity contribution in [3.63, 3.8) is 0 Å². The lowest BCUT2D eigenvalue weighted by molar-refractivity contribution is -0.115. The number of benzene rings is 2. The summed E-state index contributed by atoms with van der Waals surface area (Å²) in [5.41, 5.74) is 1.05. The zero-order valence-electron chi connectivity index (χ0n) is 13.7. The number of amides is 1. The first-order valence-corrected chi connectivity index (χ1v) is 10.1. The Morgan fingerprint density at radius 3 is 2.68 bits per heavy atom. The van der Waals surface area contributed by atoms with Gasteiger partial charge < -0.3 is 5.32 Å². The lowest BCUT2D eigenvalue weighted by Gasteiger charge is -2.23. The predicted octanol–water partition coefficient (Wildman–Crippen LogP) is 3.76. The maximum absolute atomic E-state index is 13.6. The molecule has 1 amide bonds. The van der Waals surface area contributed by atoms with E-state index in [4.69, 9.17) is 0 Å². The van der Waals surface area contributed by atoms with Gasteiger partial charge in [0.15, 0.2) is 0 Å². The average Bonchev–Trinajstić information content (AvgIpc) is 2.56. The van der Waals surface area contributed by atoms with Crippen LogP contribution in [0.5, 0.6) is 0 Å². The van der Waals surface area contributed by atoms with Gasteiger partial charge in [0.05, 0.1) is 21.5 Å². The summed E-state index contributed by atoms with van der Waals surface area (Å²) in [7, 11) is -3.89. The highest BCUT2D eigenvalue weighted by molar-refractivity contribution is 8.01. The fourth-order valence-corrected chi connectivity index (χ4v) is 4.53. The van der Waals surface area contributed by atoms with Crippen LogP contribution in [-0.2, 0) is 14.8 Å². The number of anilines is 2. The van der Waals surface area contributed by atoms with Gasteiger partial charge in [-0.25, -0.2) is 12.8 Å².